The molecule has 6 nitrogen and oxygen atoms in total. The third-order valence-electron chi connectivity index (χ3n) is 3.71. The average molecular weight is 270 g/mol. The number of piperidine rings is 1. The van der Waals surface area contributed by atoms with E-state index in [2.05, 4.69) is 22.9 Å². The first kappa shape index (κ1) is 15.8. The lowest BCUT2D eigenvalue weighted by Crippen LogP contribution is -2.51. The summed E-state index contributed by atoms with van der Waals surface area (Å²) in [6.45, 7) is 6.78. The molecule has 110 valence electrons. The van der Waals surface area contributed by atoms with Gasteiger partial charge in [-0.2, -0.15) is 0 Å². The lowest BCUT2D eigenvalue weighted by Gasteiger charge is -2.34. The topological polar surface area (TPSA) is 96.2 Å². The predicted molar refractivity (Wildman–Crippen MR) is 74.6 cm³/mol. The van der Waals surface area contributed by atoms with Gasteiger partial charge in [0.15, 0.2) is 0 Å². The van der Waals surface area contributed by atoms with Crippen molar-refractivity contribution in [1.29, 1.82) is 0 Å². The molecule has 0 aromatic carbocycles. The molecule has 1 atom stereocenters. The third-order valence-corrected chi connectivity index (χ3v) is 3.71. The highest BCUT2D eigenvalue weighted by Crippen LogP contribution is 2.26. The second-order valence-corrected chi connectivity index (χ2v) is 5.63. The molecular weight excluding hydrogens is 244 g/mol. The lowest BCUT2D eigenvalue weighted by atomic mass is 9.81. The fourth-order valence-electron chi connectivity index (χ4n) is 2.36. The molecule has 1 fully saturated rings. The first-order valence-corrected chi connectivity index (χ1v) is 7.01. The fourth-order valence-corrected chi connectivity index (χ4v) is 2.36. The summed E-state index contributed by atoms with van der Waals surface area (Å²) in [6, 6.07) is -1.17. The van der Waals surface area contributed by atoms with Crippen molar-refractivity contribution in [3.63, 3.8) is 0 Å². The first-order chi connectivity index (χ1) is 8.97. The molecule has 3 amide bonds. The van der Waals surface area contributed by atoms with Crippen LogP contribution in [0.2, 0.25) is 0 Å². The van der Waals surface area contributed by atoms with Gasteiger partial charge in [0.05, 0.1) is 0 Å². The number of nitrogens with two attached hydrogens (primary N) is 1. The van der Waals surface area contributed by atoms with Crippen molar-refractivity contribution >= 4 is 11.9 Å². The van der Waals surface area contributed by atoms with E-state index < -0.39 is 12.1 Å². The Kier molecular flexibility index (Phi) is 6.08. The standard InChI is InChI=1S/C13H26N4O2/c1-3-4-10(17-12(14)19)11(18)16-9-13(2)5-7-15-8-6-13/h10,15H,3-9H2,1-2H3,(H,16,18)(H3,14,17,19)/t10-/m1/s1. The van der Waals surface area contributed by atoms with E-state index in [0.717, 1.165) is 32.4 Å². The van der Waals surface area contributed by atoms with Gasteiger partial charge < -0.3 is 21.7 Å². The van der Waals surface area contributed by atoms with Crippen molar-refractivity contribution in [2.24, 2.45) is 11.1 Å². The third kappa shape index (κ3) is 5.46. The maximum atomic E-state index is 12.1. The number of carbonyl (C=O) groups excluding carboxylic acids is 2. The molecule has 1 aliphatic rings. The van der Waals surface area contributed by atoms with Crippen molar-refractivity contribution in [3.05, 3.63) is 0 Å². The van der Waals surface area contributed by atoms with Crippen LogP contribution < -0.4 is 21.7 Å². The number of urea groups is 1. The predicted octanol–water partition coefficient (Wildman–Crippen LogP) is 0.329. The molecule has 1 rings (SSSR count). The zero-order valence-electron chi connectivity index (χ0n) is 11.9. The van der Waals surface area contributed by atoms with E-state index in [0.29, 0.717) is 13.0 Å². The van der Waals surface area contributed by atoms with Crippen LogP contribution in [0.25, 0.3) is 0 Å². The summed E-state index contributed by atoms with van der Waals surface area (Å²) < 4.78 is 0. The Morgan fingerprint density at radius 1 is 1.37 bits per heavy atom. The van der Waals surface area contributed by atoms with Crippen molar-refractivity contribution in [2.75, 3.05) is 19.6 Å². The van der Waals surface area contributed by atoms with Crippen molar-refractivity contribution in [1.82, 2.24) is 16.0 Å². The second kappa shape index (κ2) is 7.33. The van der Waals surface area contributed by atoms with Gasteiger partial charge in [-0.25, -0.2) is 4.79 Å². The normalized spacial score (nSPS) is 19.5. The SMILES string of the molecule is CCC[C@@H](NC(N)=O)C(=O)NCC1(C)CCNCC1. The molecule has 19 heavy (non-hydrogen) atoms. The van der Waals surface area contributed by atoms with E-state index in [4.69, 9.17) is 5.73 Å². The van der Waals surface area contributed by atoms with Crippen molar-refractivity contribution < 1.29 is 9.59 Å². The largest absolute Gasteiger partial charge is 0.354 e. The number of amides is 3. The number of hydrogen-bond donors (Lipinski definition) is 4. The molecule has 0 unspecified atom stereocenters. The van der Waals surface area contributed by atoms with Gasteiger partial charge in [0.25, 0.3) is 0 Å². The van der Waals surface area contributed by atoms with Crippen LogP contribution >= 0.6 is 0 Å². The Morgan fingerprint density at radius 3 is 2.53 bits per heavy atom. The van der Waals surface area contributed by atoms with Crippen molar-refractivity contribution in [3.8, 4) is 0 Å². The number of nitrogens with one attached hydrogen (secondary N) is 3. The van der Waals surface area contributed by atoms with Gasteiger partial charge in [-0.3, -0.25) is 4.79 Å². The average Bonchev–Trinajstić information content (AvgIpc) is 2.36. The van der Waals surface area contributed by atoms with Gasteiger partial charge in [0.2, 0.25) is 5.91 Å². The van der Waals surface area contributed by atoms with E-state index in [-0.39, 0.29) is 11.3 Å². The molecule has 0 saturated carbocycles. The zero-order valence-corrected chi connectivity index (χ0v) is 11.9. The molecule has 0 spiro atoms. The Morgan fingerprint density at radius 2 is 2.00 bits per heavy atom. The van der Waals surface area contributed by atoms with Crippen LogP contribution in [-0.2, 0) is 4.79 Å². The molecule has 1 aliphatic heterocycles. The summed E-state index contributed by atoms with van der Waals surface area (Å²) in [5.41, 5.74) is 5.23. The first-order valence-electron chi connectivity index (χ1n) is 7.01. The van der Waals surface area contributed by atoms with Gasteiger partial charge in [-0.05, 0) is 37.8 Å². The van der Waals surface area contributed by atoms with E-state index in [1.807, 2.05) is 6.92 Å². The van der Waals surface area contributed by atoms with E-state index >= 15 is 0 Å². The molecule has 0 aliphatic carbocycles. The minimum absolute atomic E-state index is 0.139. The summed E-state index contributed by atoms with van der Waals surface area (Å²) in [5.74, 6) is -0.139. The monoisotopic (exact) mass is 270 g/mol. The summed E-state index contributed by atoms with van der Waals surface area (Å²) in [4.78, 5) is 22.9. The highest BCUT2D eigenvalue weighted by atomic mass is 16.2. The van der Waals surface area contributed by atoms with Crippen LogP contribution in [-0.4, -0.2) is 37.6 Å². The van der Waals surface area contributed by atoms with Gasteiger partial charge in [-0.15, -0.1) is 0 Å². The molecule has 0 aromatic rings. The molecule has 5 N–H and O–H groups in total. The van der Waals surface area contributed by atoms with E-state index in [9.17, 15) is 9.59 Å². The van der Waals surface area contributed by atoms with Crippen LogP contribution in [0.3, 0.4) is 0 Å². The minimum Gasteiger partial charge on any atom is -0.354 e. The second-order valence-electron chi connectivity index (χ2n) is 5.63. The Balaban J connectivity index is 2.44. The highest BCUT2D eigenvalue weighted by Gasteiger charge is 2.28. The van der Waals surface area contributed by atoms with Crippen LogP contribution in [0.5, 0.6) is 0 Å². The molecule has 1 heterocycles. The summed E-state index contributed by atoms with van der Waals surface area (Å²) in [6.07, 6.45) is 3.52. The Hall–Kier alpha value is -1.30. The Labute approximate surface area is 114 Å². The van der Waals surface area contributed by atoms with E-state index in [1.165, 1.54) is 0 Å². The molecule has 0 bridgehead atoms. The summed E-state index contributed by atoms with van der Waals surface area (Å²) in [5, 5.41) is 8.75. The van der Waals surface area contributed by atoms with Gasteiger partial charge >= 0.3 is 6.03 Å². The smallest absolute Gasteiger partial charge is 0.312 e. The fraction of sp³-hybridized carbons (Fsp3) is 0.846. The maximum Gasteiger partial charge on any atom is 0.312 e. The van der Waals surface area contributed by atoms with Crippen LogP contribution in [0, 0.1) is 5.41 Å². The van der Waals surface area contributed by atoms with Crippen LogP contribution in [0.1, 0.15) is 39.5 Å². The molecular formula is C13H26N4O2. The summed E-state index contributed by atoms with van der Waals surface area (Å²) >= 11 is 0. The van der Waals surface area contributed by atoms with E-state index in [1.54, 1.807) is 0 Å². The molecule has 0 aromatic heterocycles. The van der Waals surface area contributed by atoms with Crippen molar-refractivity contribution in [2.45, 2.75) is 45.6 Å². The number of hydrogen-bond acceptors (Lipinski definition) is 3. The lowest BCUT2D eigenvalue weighted by molar-refractivity contribution is -0.123. The maximum absolute atomic E-state index is 12.1. The van der Waals surface area contributed by atoms with Gasteiger partial charge in [-0.1, -0.05) is 20.3 Å². The number of primary amides is 1. The van der Waals surface area contributed by atoms with Gasteiger partial charge in [0.1, 0.15) is 6.04 Å². The highest BCUT2D eigenvalue weighted by molar-refractivity contribution is 5.86. The molecule has 1 saturated heterocycles. The summed E-state index contributed by atoms with van der Waals surface area (Å²) in [7, 11) is 0. The number of rotatable bonds is 6. The van der Waals surface area contributed by atoms with Crippen LogP contribution in [0.4, 0.5) is 4.79 Å². The quantitative estimate of drug-likeness (QED) is 0.560. The molecule has 6 heteroatoms. The van der Waals surface area contributed by atoms with Gasteiger partial charge in [0, 0.05) is 6.54 Å². The molecule has 0 radical (unpaired) electrons. The van der Waals surface area contributed by atoms with Crippen LogP contribution in [0.15, 0.2) is 0 Å². The zero-order chi connectivity index (χ0) is 14.3. The number of carbonyl (C=O) groups is 2. The Bertz CT molecular complexity index is 314. The minimum atomic E-state index is -0.651.